The molecule has 2 fully saturated rings. The zero-order valence-electron chi connectivity index (χ0n) is 12.9. The van der Waals surface area contributed by atoms with Gasteiger partial charge >= 0.3 is 0 Å². The van der Waals surface area contributed by atoms with Crippen LogP contribution in [0.3, 0.4) is 0 Å². The fraction of sp³-hybridized carbons (Fsp3) is 0.562. The van der Waals surface area contributed by atoms with Crippen LogP contribution in [-0.2, 0) is 4.79 Å². The minimum absolute atomic E-state index is 0. The van der Waals surface area contributed by atoms with Crippen molar-refractivity contribution in [3.05, 3.63) is 29.8 Å². The largest absolute Gasteiger partial charge is 0.371 e. The summed E-state index contributed by atoms with van der Waals surface area (Å²) in [5, 5.41) is 6.33. The first kappa shape index (κ1) is 19.1. The van der Waals surface area contributed by atoms with Crippen LogP contribution in [0.1, 0.15) is 24.8 Å². The highest BCUT2D eigenvalue weighted by atomic mass is 35.5. The summed E-state index contributed by atoms with van der Waals surface area (Å²) in [4.78, 5) is 14.3. The molecule has 4 nitrogen and oxygen atoms in total. The summed E-state index contributed by atoms with van der Waals surface area (Å²) < 4.78 is 0. The Kier molecular flexibility index (Phi) is 7.46. The molecule has 0 spiro atoms. The van der Waals surface area contributed by atoms with Gasteiger partial charge in [0.05, 0.1) is 6.04 Å². The van der Waals surface area contributed by atoms with Gasteiger partial charge in [-0.25, -0.2) is 0 Å². The van der Waals surface area contributed by atoms with E-state index < -0.39 is 0 Å². The van der Waals surface area contributed by atoms with Crippen LogP contribution in [0.2, 0.25) is 0 Å². The highest BCUT2D eigenvalue weighted by molar-refractivity contribution is 5.85. The van der Waals surface area contributed by atoms with Gasteiger partial charge in [-0.3, -0.25) is 4.79 Å². The van der Waals surface area contributed by atoms with Crippen molar-refractivity contribution in [2.75, 3.05) is 24.5 Å². The Labute approximate surface area is 144 Å². The van der Waals surface area contributed by atoms with Crippen molar-refractivity contribution in [3.8, 4) is 0 Å². The van der Waals surface area contributed by atoms with Crippen LogP contribution in [0.25, 0.3) is 0 Å². The predicted octanol–water partition coefficient (Wildman–Crippen LogP) is 2.29. The normalized spacial score (nSPS) is 21.1. The van der Waals surface area contributed by atoms with Crippen molar-refractivity contribution in [2.45, 2.75) is 38.3 Å². The highest BCUT2D eigenvalue weighted by Crippen LogP contribution is 2.21. The molecule has 6 heteroatoms. The summed E-state index contributed by atoms with van der Waals surface area (Å²) in [6.45, 7) is 5.14. The number of anilines is 1. The third-order valence-corrected chi connectivity index (χ3v) is 4.35. The molecule has 1 aromatic rings. The average molecular weight is 346 g/mol. The van der Waals surface area contributed by atoms with Gasteiger partial charge < -0.3 is 15.5 Å². The van der Waals surface area contributed by atoms with E-state index in [2.05, 4.69) is 46.7 Å². The molecule has 0 radical (unpaired) electrons. The molecule has 0 saturated carbocycles. The number of aryl methyl sites for hydroxylation is 1. The SMILES string of the molecule is Cc1cccc(N2CCC(NC(=O)C3CCN3)CC2)c1.Cl.Cl. The monoisotopic (exact) mass is 345 g/mol. The maximum Gasteiger partial charge on any atom is 0.237 e. The van der Waals surface area contributed by atoms with Gasteiger partial charge in [0.2, 0.25) is 5.91 Å². The molecule has 1 atom stereocenters. The second-order valence-corrected chi connectivity index (χ2v) is 5.90. The summed E-state index contributed by atoms with van der Waals surface area (Å²) in [6, 6.07) is 9.04. The lowest BCUT2D eigenvalue weighted by Gasteiger charge is -2.35. The molecule has 2 saturated heterocycles. The van der Waals surface area contributed by atoms with E-state index in [4.69, 9.17) is 0 Å². The van der Waals surface area contributed by atoms with Crippen molar-refractivity contribution < 1.29 is 4.79 Å². The van der Waals surface area contributed by atoms with E-state index in [1.165, 1.54) is 11.3 Å². The molecule has 0 aliphatic carbocycles. The van der Waals surface area contributed by atoms with Crippen LogP contribution in [0, 0.1) is 6.92 Å². The first-order valence-electron chi connectivity index (χ1n) is 7.58. The predicted molar refractivity (Wildman–Crippen MR) is 95.5 cm³/mol. The highest BCUT2D eigenvalue weighted by Gasteiger charge is 2.27. The number of hydrogen-bond acceptors (Lipinski definition) is 3. The molecule has 1 aromatic carbocycles. The molecule has 0 aromatic heterocycles. The number of rotatable bonds is 3. The lowest BCUT2D eigenvalue weighted by Crippen LogP contribution is -2.56. The Balaban J connectivity index is 0.00000121. The fourth-order valence-corrected chi connectivity index (χ4v) is 2.92. The molecular formula is C16H25Cl2N3O. The lowest BCUT2D eigenvalue weighted by molar-refractivity contribution is -0.125. The van der Waals surface area contributed by atoms with Crippen molar-refractivity contribution in [2.24, 2.45) is 0 Å². The third-order valence-electron chi connectivity index (χ3n) is 4.35. The Hall–Kier alpha value is -0.970. The number of carbonyl (C=O) groups is 1. The number of nitrogens with zero attached hydrogens (tertiary/aromatic N) is 1. The number of carbonyl (C=O) groups excluding carboxylic acids is 1. The molecule has 2 aliphatic rings. The Morgan fingerprint density at radius 2 is 1.91 bits per heavy atom. The summed E-state index contributed by atoms with van der Waals surface area (Å²) >= 11 is 0. The van der Waals surface area contributed by atoms with Gasteiger partial charge in [0.1, 0.15) is 0 Å². The fourth-order valence-electron chi connectivity index (χ4n) is 2.92. The van der Waals surface area contributed by atoms with Crippen LogP contribution in [0.5, 0.6) is 0 Å². The number of benzene rings is 1. The first-order valence-corrected chi connectivity index (χ1v) is 7.58. The van der Waals surface area contributed by atoms with Crippen molar-refractivity contribution in [1.82, 2.24) is 10.6 Å². The van der Waals surface area contributed by atoms with E-state index in [1.54, 1.807) is 0 Å². The summed E-state index contributed by atoms with van der Waals surface area (Å²) in [7, 11) is 0. The second kappa shape index (κ2) is 8.61. The summed E-state index contributed by atoms with van der Waals surface area (Å²) in [5.74, 6) is 0.185. The zero-order chi connectivity index (χ0) is 13.9. The van der Waals surface area contributed by atoms with E-state index in [0.717, 1.165) is 38.9 Å². The molecule has 1 amide bonds. The van der Waals surface area contributed by atoms with Gasteiger partial charge in [-0.2, -0.15) is 0 Å². The second-order valence-electron chi connectivity index (χ2n) is 5.90. The van der Waals surface area contributed by atoms with Gasteiger partial charge in [0, 0.05) is 24.8 Å². The maximum atomic E-state index is 11.9. The smallest absolute Gasteiger partial charge is 0.237 e. The van der Waals surface area contributed by atoms with Crippen LogP contribution in [0.4, 0.5) is 5.69 Å². The Morgan fingerprint density at radius 1 is 1.23 bits per heavy atom. The molecule has 2 heterocycles. The van der Waals surface area contributed by atoms with Gasteiger partial charge in [0.15, 0.2) is 0 Å². The van der Waals surface area contributed by atoms with E-state index in [0.29, 0.717) is 6.04 Å². The molecule has 3 rings (SSSR count). The first-order chi connectivity index (χ1) is 9.72. The van der Waals surface area contributed by atoms with E-state index in [9.17, 15) is 4.79 Å². The number of halogens is 2. The van der Waals surface area contributed by atoms with Crippen LogP contribution in [-0.4, -0.2) is 37.6 Å². The molecular weight excluding hydrogens is 321 g/mol. The van der Waals surface area contributed by atoms with E-state index >= 15 is 0 Å². The van der Waals surface area contributed by atoms with E-state index in [1.807, 2.05) is 0 Å². The van der Waals surface area contributed by atoms with Gasteiger partial charge in [-0.05, 0) is 50.4 Å². The Morgan fingerprint density at radius 3 is 2.45 bits per heavy atom. The van der Waals surface area contributed by atoms with Gasteiger partial charge in [-0.15, -0.1) is 24.8 Å². The molecule has 124 valence electrons. The third kappa shape index (κ3) is 4.51. The number of nitrogens with one attached hydrogen (secondary N) is 2. The van der Waals surface area contributed by atoms with Crippen molar-refractivity contribution in [3.63, 3.8) is 0 Å². The number of hydrogen-bond donors (Lipinski definition) is 2. The van der Waals surface area contributed by atoms with E-state index in [-0.39, 0.29) is 36.8 Å². The standard InChI is InChI=1S/C16H23N3O.2ClH/c1-12-3-2-4-14(11-12)19-9-6-13(7-10-19)18-16(20)15-5-8-17-15;;/h2-4,11,13,15,17H,5-10H2,1H3,(H,18,20);2*1H. The maximum absolute atomic E-state index is 11.9. The average Bonchev–Trinajstić information content (AvgIpc) is 2.37. The lowest BCUT2D eigenvalue weighted by atomic mass is 10.0. The number of amides is 1. The van der Waals surface area contributed by atoms with Gasteiger partial charge in [-0.1, -0.05) is 12.1 Å². The molecule has 0 bridgehead atoms. The van der Waals surface area contributed by atoms with Crippen molar-refractivity contribution in [1.29, 1.82) is 0 Å². The summed E-state index contributed by atoms with van der Waals surface area (Å²) in [6.07, 6.45) is 3.05. The molecule has 22 heavy (non-hydrogen) atoms. The van der Waals surface area contributed by atoms with Crippen molar-refractivity contribution >= 4 is 36.4 Å². The number of piperidine rings is 1. The minimum Gasteiger partial charge on any atom is -0.371 e. The molecule has 2 aliphatic heterocycles. The van der Waals surface area contributed by atoms with Crippen LogP contribution < -0.4 is 15.5 Å². The quantitative estimate of drug-likeness (QED) is 0.883. The molecule has 2 N–H and O–H groups in total. The Bertz CT molecular complexity index is 486. The minimum atomic E-state index is 0. The zero-order valence-corrected chi connectivity index (χ0v) is 14.5. The summed E-state index contributed by atoms with van der Waals surface area (Å²) in [5.41, 5.74) is 2.60. The topological polar surface area (TPSA) is 44.4 Å². The van der Waals surface area contributed by atoms with Crippen LogP contribution >= 0.6 is 24.8 Å². The van der Waals surface area contributed by atoms with Gasteiger partial charge in [0.25, 0.3) is 0 Å². The van der Waals surface area contributed by atoms with Crippen LogP contribution in [0.15, 0.2) is 24.3 Å². The molecule has 1 unspecified atom stereocenters.